The van der Waals surface area contributed by atoms with Gasteiger partial charge in [0.25, 0.3) is 0 Å². The van der Waals surface area contributed by atoms with Crippen LogP contribution in [-0.2, 0) is 5.41 Å². The highest BCUT2D eigenvalue weighted by atomic mass is 79.9. The Morgan fingerprint density at radius 3 is 1.46 bits per heavy atom. The Labute approximate surface area is 240 Å². The minimum Gasteiger partial charge on any atom is -0.345 e. The van der Waals surface area contributed by atoms with E-state index in [0.717, 1.165) is 21.5 Å². The molecule has 0 unspecified atom stereocenters. The fourth-order valence-electron chi connectivity index (χ4n) is 5.71. The maximum absolute atomic E-state index is 3.60. The molecule has 194 valence electrons. The first-order valence-corrected chi connectivity index (χ1v) is 14.2. The lowest BCUT2D eigenvalue weighted by Crippen LogP contribution is -2.17. The van der Waals surface area contributed by atoms with E-state index < -0.39 is 0 Å². The van der Waals surface area contributed by atoms with E-state index in [2.05, 4.69) is 170 Å². The predicted octanol–water partition coefficient (Wildman–Crippen LogP) is 10.6. The van der Waals surface area contributed by atoms with Crippen LogP contribution >= 0.6 is 15.9 Å². The molecule has 2 nitrogen and oxygen atoms in total. The zero-order valence-electron chi connectivity index (χ0n) is 23.2. The largest absolute Gasteiger partial charge is 0.345 e. The summed E-state index contributed by atoms with van der Waals surface area (Å²) in [6, 6.07) is 39.9. The summed E-state index contributed by atoms with van der Waals surface area (Å²) >= 11 is 3.60. The third kappa shape index (κ3) is 4.55. The van der Waals surface area contributed by atoms with Crippen LogP contribution < -0.4 is 9.80 Å². The molecule has 0 saturated carbocycles. The number of halogens is 1. The molecule has 0 heterocycles. The van der Waals surface area contributed by atoms with Gasteiger partial charge in [0.1, 0.15) is 0 Å². The van der Waals surface area contributed by atoms with Crippen LogP contribution in [0.2, 0.25) is 0 Å². The van der Waals surface area contributed by atoms with Gasteiger partial charge >= 0.3 is 0 Å². The Balaban J connectivity index is 1.43. The van der Waals surface area contributed by atoms with E-state index in [4.69, 9.17) is 0 Å². The third-order valence-corrected chi connectivity index (χ3v) is 8.62. The molecule has 0 spiro atoms. The van der Waals surface area contributed by atoms with Gasteiger partial charge in [-0.15, -0.1) is 0 Å². The van der Waals surface area contributed by atoms with Crippen molar-refractivity contribution in [1.82, 2.24) is 0 Å². The SMILES string of the molecule is Cc1ccc(N(C)c2ccc3c(c2)C(C)(C)c2cc(N(c4ccc(C)cc4)c4ccc(Br)cc4)ccc2-3)cc1. The van der Waals surface area contributed by atoms with Crippen LogP contribution in [-0.4, -0.2) is 7.05 Å². The van der Waals surface area contributed by atoms with Crippen LogP contribution in [0.4, 0.5) is 28.4 Å². The van der Waals surface area contributed by atoms with Gasteiger partial charge in [-0.2, -0.15) is 0 Å². The van der Waals surface area contributed by atoms with Crippen LogP contribution in [0.5, 0.6) is 0 Å². The monoisotopic (exact) mass is 572 g/mol. The molecule has 0 radical (unpaired) electrons. The summed E-state index contributed by atoms with van der Waals surface area (Å²) in [6.07, 6.45) is 0. The highest BCUT2D eigenvalue weighted by Gasteiger charge is 2.36. The molecular weight excluding hydrogens is 540 g/mol. The second-order valence-corrected chi connectivity index (χ2v) is 12.0. The zero-order valence-corrected chi connectivity index (χ0v) is 24.8. The second-order valence-electron chi connectivity index (χ2n) is 11.1. The van der Waals surface area contributed by atoms with Crippen LogP contribution in [0.15, 0.2) is 114 Å². The van der Waals surface area contributed by atoms with E-state index in [1.54, 1.807) is 0 Å². The highest BCUT2D eigenvalue weighted by molar-refractivity contribution is 9.10. The molecule has 6 rings (SSSR count). The van der Waals surface area contributed by atoms with Gasteiger partial charge in [-0.1, -0.05) is 77.3 Å². The molecule has 0 amide bonds. The number of aryl methyl sites for hydroxylation is 2. The van der Waals surface area contributed by atoms with Crippen molar-refractivity contribution in [1.29, 1.82) is 0 Å². The Kier molecular flexibility index (Phi) is 6.35. The molecule has 1 aliphatic carbocycles. The minimum absolute atomic E-state index is 0.122. The maximum Gasteiger partial charge on any atom is 0.0465 e. The fourth-order valence-corrected chi connectivity index (χ4v) is 5.97. The number of rotatable bonds is 5. The normalized spacial score (nSPS) is 13.1. The average Bonchev–Trinajstić information content (AvgIpc) is 3.17. The first kappa shape index (κ1) is 25.5. The van der Waals surface area contributed by atoms with Gasteiger partial charge in [0.05, 0.1) is 0 Å². The van der Waals surface area contributed by atoms with Gasteiger partial charge in [0.15, 0.2) is 0 Å². The number of fused-ring (bicyclic) bond motifs is 3. The van der Waals surface area contributed by atoms with Crippen molar-refractivity contribution in [2.45, 2.75) is 33.1 Å². The Morgan fingerprint density at radius 2 is 0.923 bits per heavy atom. The molecule has 39 heavy (non-hydrogen) atoms. The average molecular weight is 574 g/mol. The van der Waals surface area contributed by atoms with Gasteiger partial charge in [-0.25, -0.2) is 0 Å². The third-order valence-electron chi connectivity index (χ3n) is 8.09. The maximum atomic E-state index is 3.60. The van der Waals surface area contributed by atoms with Gasteiger partial charge in [0, 0.05) is 45.4 Å². The van der Waals surface area contributed by atoms with Gasteiger partial charge in [-0.3, -0.25) is 0 Å². The predicted molar refractivity (Wildman–Crippen MR) is 170 cm³/mol. The molecular formula is C36H33BrN2. The van der Waals surface area contributed by atoms with Crippen LogP contribution in [0.25, 0.3) is 11.1 Å². The van der Waals surface area contributed by atoms with E-state index in [9.17, 15) is 0 Å². The fraction of sp³-hybridized carbons (Fsp3) is 0.167. The van der Waals surface area contributed by atoms with E-state index in [-0.39, 0.29) is 5.41 Å². The topological polar surface area (TPSA) is 6.48 Å². The van der Waals surface area contributed by atoms with E-state index in [1.807, 2.05) is 0 Å². The molecule has 5 aromatic carbocycles. The first-order valence-electron chi connectivity index (χ1n) is 13.4. The summed E-state index contributed by atoms with van der Waals surface area (Å²) in [7, 11) is 2.15. The summed E-state index contributed by atoms with van der Waals surface area (Å²) in [5, 5.41) is 0. The Morgan fingerprint density at radius 1 is 0.513 bits per heavy atom. The molecule has 1 aliphatic rings. The van der Waals surface area contributed by atoms with E-state index in [1.165, 1.54) is 44.8 Å². The lowest BCUT2D eigenvalue weighted by molar-refractivity contribution is 0.660. The second kappa shape index (κ2) is 9.73. The standard InChI is InChI=1S/C36H33BrN2/c1-24-6-12-27(13-7-24)38(5)30-18-20-32-33-21-19-31(23-35(33)36(3,4)34(32)22-30)39(28-14-8-25(2)9-15-28)29-16-10-26(37)11-17-29/h6-23H,1-5H3. The highest BCUT2D eigenvalue weighted by Crippen LogP contribution is 2.51. The van der Waals surface area contributed by atoms with Crippen molar-refractivity contribution in [3.05, 3.63) is 136 Å². The van der Waals surface area contributed by atoms with Crippen molar-refractivity contribution in [3.63, 3.8) is 0 Å². The minimum atomic E-state index is -0.122. The molecule has 0 aromatic heterocycles. The van der Waals surface area contributed by atoms with Crippen molar-refractivity contribution < 1.29 is 0 Å². The summed E-state index contributed by atoms with van der Waals surface area (Å²) < 4.78 is 1.08. The van der Waals surface area contributed by atoms with Crippen LogP contribution in [0, 0.1) is 13.8 Å². The van der Waals surface area contributed by atoms with Gasteiger partial charge < -0.3 is 9.80 Å². The lowest BCUT2D eigenvalue weighted by atomic mass is 9.82. The van der Waals surface area contributed by atoms with E-state index in [0.29, 0.717) is 0 Å². The van der Waals surface area contributed by atoms with Crippen molar-refractivity contribution in [2.75, 3.05) is 16.8 Å². The molecule has 0 saturated heterocycles. The van der Waals surface area contributed by atoms with Crippen molar-refractivity contribution >= 4 is 44.4 Å². The quantitative estimate of drug-likeness (QED) is 0.206. The number of hydrogen-bond acceptors (Lipinski definition) is 2. The van der Waals surface area contributed by atoms with Crippen molar-refractivity contribution in [3.8, 4) is 11.1 Å². The van der Waals surface area contributed by atoms with Gasteiger partial charge in [-0.05, 0) is 109 Å². The summed E-state index contributed by atoms with van der Waals surface area (Å²) in [6.45, 7) is 8.97. The summed E-state index contributed by atoms with van der Waals surface area (Å²) in [5.74, 6) is 0. The number of anilines is 5. The smallest absolute Gasteiger partial charge is 0.0465 e. The molecule has 0 bridgehead atoms. The molecule has 0 fully saturated rings. The Bertz CT molecular complexity index is 1600. The van der Waals surface area contributed by atoms with Crippen molar-refractivity contribution in [2.24, 2.45) is 0 Å². The molecule has 0 aliphatic heterocycles. The molecule has 0 N–H and O–H groups in total. The van der Waals surface area contributed by atoms with Gasteiger partial charge in [0.2, 0.25) is 0 Å². The van der Waals surface area contributed by atoms with Crippen LogP contribution in [0.3, 0.4) is 0 Å². The zero-order chi connectivity index (χ0) is 27.3. The number of benzene rings is 5. The summed E-state index contributed by atoms with van der Waals surface area (Å²) in [5.41, 5.74) is 13.6. The van der Waals surface area contributed by atoms with Crippen LogP contribution in [0.1, 0.15) is 36.1 Å². The molecule has 5 aromatic rings. The number of hydrogen-bond donors (Lipinski definition) is 0. The number of nitrogens with zero attached hydrogens (tertiary/aromatic N) is 2. The Hall–Kier alpha value is -3.82. The molecule has 3 heteroatoms. The molecule has 0 atom stereocenters. The first-order chi connectivity index (χ1) is 18.7. The van der Waals surface area contributed by atoms with E-state index >= 15 is 0 Å². The lowest BCUT2D eigenvalue weighted by Gasteiger charge is -2.28. The summed E-state index contributed by atoms with van der Waals surface area (Å²) in [4.78, 5) is 4.62.